The number of fused-ring (bicyclic) bond motifs is 1. The molecule has 0 aromatic heterocycles. The highest BCUT2D eigenvalue weighted by Gasteiger charge is 2.48. The lowest BCUT2D eigenvalue weighted by atomic mass is 9.83. The quantitative estimate of drug-likeness (QED) is 0.186. The van der Waals surface area contributed by atoms with E-state index >= 15 is 0 Å². The number of carboxylic acid groups (broad SMARTS) is 1. The van der Waals surface area contributed by atoms with Gasteiger partial charge in [-0.15, -0.1) is 0 Å². The number of aliphatic carboxylic acids is 1. The van der Waals surface area contributed by atoms with Crippen molar-refractivity contribution in [2.75, 3.05) is 39.0 Å². The lowest BCUT2D eigenvalue weighted by molar-refractivity contribution is -0.143. The summed E-state index contributed by atoms with van der Waals surface area (Å²) in [6.45, 7) is 6.30. The highest BCUT2D eigenvalue weighted by Crippen LogP contribution is 2.47. The normalized spacial score (nSPS) is 18.7. The van der Waals surface area contributed by atoms with Crippen molar-refractivity contribution in [3.63, 3.8) is 0 Å². The van der Waals surface area contributed by atoms with Crippen LogP contribution in [0.1, 0.15) is 68.6 Å². The number of aryl methyl sites for hydroxylation is 2. The van der Waals surface area contributed by atoms with Gasteiger partial charge >= 0.3 is 5.97 Å². The van der Waals surface area contributed by atoms with Gasteiger partial charge in [-0.05, 0) is 85.7 Å². The molecular weight excluding hydrogens is 615 g/mol. The first kappa shape index (κ1) is 35.0. The number of likely N-dealkylation sites (tertiary alicyclic amines) is 1. The molecule has 9 nitrogen and oxygen atoms in total. The Morgan fingerprint density at radius 2 is 1.75 bits per heavy atom. The van der Waals surface area contributed by atoms with E-state index in [1.165, 1.54) is 6.07 Å². The second-order valence-electron chi connectivity index (χ2n) is 12.7. The number of hydrogen-bond donors (Lipinski definition) is 1. The topological polar surface area (TPSA) is 97.8 Å². The van der Waals surface area contributed by atoms with Crippen LogP contribution < -0.4 is 23.8 Å². The van der Waals surface area contributed by atoms with E-state index in [-0.39, 0.29) is 31.1 Å². The molecule has 5 rings (SSSR count). The van der Waals surface area contributed by atoms with Crippen LogP contribution in [0.15, 0.2) is 54.6 Å². The van der Waals surface area contributed by atoms with Gasteiger partial charge in [-0.2, -0.15) is 0 Å². The highest BCUT2D eigenvalue weighted by atomic mass is 19.1. The molecule has 0 bridgehead atoms. The summed E-state index contributed by atoms with van der Waals surface area (Å²) >= 11 is 0. The number of anilines is 1. The minimum atomic E-state index is -0.933. The van der Waals surface area contributed by atoms with E-state index in [0.717, 1.165) is 42.6 Å². The summed E-state index contributed by atoms with van der Waals surface area (Å²) in [6.07, 6.45) is 4.42. The average molecular weight is 663 g/mol. The van der Waals surface area contributed by atoms with Crippen LogP contribution in [0.4, 0.5) is 10.1 Å². The molecule has 1 N–H and O–H groups in total. The predicted molar refractivity (Wildman–Crippen MR) is 182 cm³/mol. The van der Waals surface area contributed by atoms with Crippen LogP contribution in [0.5, 0.6) is 23.0 Å². The Morgan fingerprint density at radius 1 is 1.02 bits per heavy atom. The Labute approximate surface area is 282 Å². The maximum atomic E-state index is 14.5. The molecule has 10 heteroatoms. The number of benzene rings is 3. The van der Waals surface area contributed by atoms with Gasteiger partial charge in [0.15, 0.2) is 11.5 Å². The van der Waals surface area contributed by atoms with Gasteiger partial charge in [0.25, 0.3) is 0 Å². The zero-order chi connectivity index (χ0) is 34.4. The third-order valence-electron chi connectivity index (χ3n) is 9.68. The van der Waals surface area contributed by atoms with Gasteiger partial charge in [0.05, 0.1) is 26.7 Å². The molecule has 1 fully saturated rings. The second-order valence-corrected chi connectivity index (χ2v) is 12.7. The molecule has 0 spiro atoms. The molecule has 3 atom stereocenters. The van der Waals surface area contributed by atoms with Gasteiger partial charge in [-0.3, -0.25) is 14.5 Å². The third kappa shape index (κ3) is 7.38. The maximum Gasteiger partial charge on any atom is 0.308 e. The number of carbonyl (C=O) groups is 2. The Morgan fingerprint density at radius 3 is 2.42 bits per heavy atom. The molecule has 1 saturated heterocycles. The average Bonchev–Trinajstić information content (AvgIpc) is 3.70. The third-order valence-corrected chi connectivity index (χ3v) is 9.68. The fourth-order valence-corrected chi connectivity index (χ4v) is 7.42. The fraction of sp³-hybridized carbons (Fsp3) is 0.474. The molecule has 0 aliphatic carbocycles. The second kappa shape index (κ2) is 15.7. The Hall–Kier alpha value is -4.31. The van der Waals surface area contributed by atoms with E-state index in [0.29, 0.717) is 47.9 Å². The molecule has 2 aliphatic heterocycles. The van der Waals surface area contributed by atoms with Crippen molar-refractivity contribution < 1.29 is 38.0 Å². The SMILES string of the molecule is CCCC(CCC)N(C(=O)CN1C[C@H](c2cc(OC)c3c(c2)OCO3)C(C(=O)O)[C@@H]1CCc1ccccc1OC)c1ccc(F)c(C)c1. The first-order valence-corrected chi connectivity index (χ1v) is 16.8. The van der Waals surface area contributed by atoms with E-state index in [2.05, 4.69) is 13.8 Å². The molecule has 1 amide bonds. The number of nitrogens with zero attached hydrogens (tertiary/aromatic N) is 2. The van der Waals surface area contributed by atoms with E-state index < -0.39 is 23.8 Å². The van der Waals surface area contributed by atoms with Crippen LogP contribution in [0.25, 0.3) is 0 Å². The van der Waals surface area contributed by atoms with Gasteiger partial charge in [-0.25, -0.2) is 4.39 Å². The van der Waals surface area contributed by atoms with Gasteiger partial charge in [-0.1, -0.05) is 44.9 Å². The smallest absolute Gasteiger partial charge is 0.308 e. The first-order chi connectivity index (χ1) is 23.2. The van der Waals surface area contributed by atoms with E-state index in [9.17, 15) is 19.1 Å². The number of methoxy groups -OCH3 is 2. The van der Waals surface area contributed by atoms with Crippen LogP contribution in [0, 0.1) is 18.7 Å². The molecule has 3 aromatic rings. The van der Waals surface area contributed by atoms with Crippen LogP contribution in [-0.2, 0) is 16.0 Å². The molecule has 2 heterocycles. The van der Waals surface area contributed by atoms with Crippen molar-refractivity contribution in [2.24, 2.45) is 5.92 Å². The minimum absolute atomic E-state index is 0.0128. The Balaban J connectivity index is 1.53. The number of para-hydroxylation sites is 1. The molecule has 3 aromatic carbocycles. The molecule has 258 valence electrons. The van der Waals surface area contributed by atoms with Crippen LogP contribution in [0.2, 0.25) is 0 Å². The zero-order valence-electron chi connectivity index (χ0n) is 28.5. The number of carbonyl (C=O) groups excluding carboxylic acids is 1. The summed E-state index contributed by atoms with van der Waals surface area (Å²) in [5, 5.41) is 10.8. The summed E-state index contributed by atoms with van der Waals surface area (Å²) in [4.78, 5) is 31.6. The van der Waals surface area contributed by atoms with Gasteiger partial charge in [0, 0.05) is 30.2 Å². The van der Waals surface area contributed by atoms with E-state index in [4.69, 9.17) is 18.9 Å². The summed E-state index contributed by atoms with van der Waals surface area (Å²) in [6, 6.07) is 15.7. The highest BCUT2D eigenvalue weighted by molar-refractivity contribution is 5.95. The summed E-state index contributed by atoms with van der Waals surface area (Å²) < 4.78 is 36.9. The summed E-state index contributed by atoms with van der Waals surface area (Å²) in [5.74, 6) is -0.448. The Bertz CT molecular complexity index is 1590. The lowest BCUT2D eigenvalue weighted by Crippen LogP contribution is -2.48. The monoisotopic (exact) mass is 662 g/mol. The molecule has 0 radical (unpaired) electrons. The minimum Gasteiger partial charge on any atom is -0.496 e. The molecule has 48 heavy (non-hydrogen) atoms. The largest absolute Gasteiger partial charge is 0.496 e. The van der Waals surface area contributed by atoms with Gasteiger partial charge in [0.1, 0.15) is 11.6 Å². The first-order valence-electron chi connectivity index (χ1n) is 16.8. The van der Waals surface area contributed by atoms with Crippen molar-refractivity contribution in [2.45, 2.75) is 77.3 Å². The van der Waals surface area contributed by atoms with Crippen molar-refractivity contribution in [1.82, 2.24) is 4.90 Å². The van der Waals surface area contributed by atoms with Gasteiger partial charge < -0.3 is 29.0 Å². The molecule has 1 unspecified atom stereocenters. The summed E-state index contributed by atoms with van der Waals surface area (Å²) in [5.41, 5.74) is 2.85. The van der Waals surface area contributed by atoms with E-state index in [1.54, 1.807) is 33.3 Å². The number of rotatable bonds is 15. The summed E-state index contributed by atoms with van der Waals surface area (Å²) in [7, 11) is 3.16. The van der Waals surface area contributed by atoms with Crippen molar-refractivity contribution in [3.8, 4) is 23.0 Å². The molecular formula is C38H47FN2O7. The molecule has 0 saturated carbocycles. The maximum absolute atomic E-state index is 14.5. The fourth-order valence-electron chi connectivity index (χ4n) is 7.42. The van der Waals surface area contributed by atoms with Crippen molar-refractivity contribution in [1.29, 1.82) is 0 Å². The zero-order valence-corrected chi connectivity index (χ0v) is 28.5. The number of carboxylic acids is 1. The standard InChI is InChI=1S/C38H47FN2O7/c1-6-10-27(11-7-2)41(28-15-16-30(39)24(3)18-28)35(42)22-40-21-29(26-19-33(46-5)37-34(20-26)47-23-48-37)36(38(43)44)31(40)17-14-25-12-8-9-13-32(25)45-4/h8-9,12-13,15-16,18-20,27,29,31,36H,6-7,10-11,14,17,21-23H2,1-5H3,(H,43,44)/t29-,31+,36?/m1/s1. The van der Waals surface area contributed by atoms with Crippen LogP contribution in [0.3, 0.4) is 0 Å². The van der Waals surface area contributed by atoms with Crippen LogP contribution >= 0.6 is 0 Å². The van der Waals surface area contributed by atoms with Crippen LogP contribution in [-0.4, -0.2) is 68.1 Å². The lowest BCUT2D eigenvalue weighted by Gasteiger charge is -2.35. The van der Waals surface area contributed by atoms with E-state index in [1.807, 2.05) is 46.2 Å². The predicted octanol–water partition coefficient (Wildman–Crippen LogP) is 6.98. The molecule has 2 aliphatic rings. The van der Waals surface area contributed by atoms with Crippen molar-refractivity contribution in [3.05, 3.63) is 77.1 Å². The number of halogens is 1. The number of ether oxygens (including phenoxy) is 4. The van der Waals surface area contributed by atoms with Crippen molar-refractivity contribution >= 4 is 17.6 Å². The number of hydrogen-bond acceptors (Lipinski definition) is 7. The van der Waals surface area contributed by atoms with Gasteiger partial charge in [0.2, 0.25) is 18.4 Å². The Kier molecular flexibility index (Phi) is 11.5. The number of amides is 1.